The highest BCUT2D eigenvalue weighted by molar-refractivity contribution is 7.85. The summed E-state index contributed by atoms with van der Waals surface area (Å²) in [5.74, 6) is 6.27. The van der Waals surface area contributed by atoms with E-state index in [-0.39, 0.29) is 11.5 Å². The van der Waals surface area contributed by atoms with Crippen molar-refractivity contribution in [3.05, 3.63) is 29.8 Å². The van der Waals surface area contributed by atoms with E-state index in [1.54, 1.807) is 17.1 Å². The molecule has 0 fully saturated rings. The molecule has 0 spiro atoms. The van der Waals surface area contributed by atoms with E-state index in [1.807, 2.05) is 6.92 Å². The fourth-order valence-corrected chi connectivity index (χ4v) is 2.02. The van der Waals surface area contributed by atoms with Crippen molar-refractivity contribution in [2.75, 3.05) is 19.7 Å². The van der Waals surface area contributed by atoms with Gasteiger partial charge in [0.1, 0.15) is 5.84 Å². The van der Waals surface area contributed by atoms with Crippen LogP contribution in [0.2, 0.25) is 0 Å². The summed E-state index contributed by atoms with van der Waals surface area (Å²) in [6.07, 6.45) is 0.580. The first-order valence-electron chi connectivity index (χ1n) is 6.05. The van der Waals surface area contributed by atoms with Crippen LogP contribution in [-0.4, -0.2) is 48.6 Å². The predicted molar refractivity (Wildman–Crippen MR) is 75.9 cm³/mol. The molecule has 0 unspecified atom stereocenters. The van der Waals surface area contributed by atoms with E-state index in [2.05, 4.69) is 4.99 Å². The second-order valence-corrected chi connectivity index (χ2v) is 5.67. The van der Waals surface area contributed by atoms with Crippen molar-refractivity contribution in [3.63, 3.8) is 0 Å². The molecule has 1 aromatic carbocycles. The molecule has 1 aliphatic heterocycles. The monoisotopic (exact) mass is 301 g/mol. The minimum atomic E-state index is -4.02. The first-order valence-corrected chi connectivity index (χ1v) is 7.49. The number of aliphatic imine (C=N–C) groups is 1. The van der Waals surface area contributed by atoms with Gasteiger partial charge in [-0.3, -0.25) is 14.6 Å². The van der Waals surface area contributed by atoms with Crippen molar-refractivity contribution in [1.82, 2.24) is 5.01 Å². The van der Waals surface area contributed by atoms with Crippen LogP contribution in [-0.2, 0) is 10.1 Å². The maximum atomic E-state index is 10.5. The second-order valence-electron chi connectivity index (χ2n) is 4.25. The molecule has 0 radical (unpaired) electrons. The van der Waals surface area contributed by atoms with Crippen LogP contribution in [0.3, 0.4) is 0 Å². The van der Waals surface area contributed by atoms with Gasteiger partial charge in [-0.05, 0) is 19.1 Å². The molecule has 4 N–H and O–H groups in total. The SMILES string of the molecule is Cc1ccc(S(=O)(=O)O)cc1.NN1CCN=C1CCO. The Morgan fingerprint density at radius 3 is 2.35 bits per heavy atom. The van der Waals surface area contributed by atoms with Crippen molar-refractivity contribution in [2.24, 2.45) is 10.8 Å². The quantitative estimate of drug-likeness (QED) is 0.542. The van der Waals surface area contributed by atoms with Crippen molar-refractivity contribution in [1.29, 1.82) is 0 Å². The maximum Gasteiger partial charge on any atom is 0.294 e. The third-order valence-electron chi connectivity index (χ3n) is 2.62. The predicted octanol–water partition coefficient (Wildman–Crippen LogP) is 0.198. The van der Waals surface area contributed by atoms with Crippen molar-refractivity contribution >= 4 is 16.0 Å². The lowest BCUT2D eigenvalue weighted by molar-refractivity contribution is 0.301. The number of rotatable bonds is 3. The van der Waals surface area contributed by atoms with Gasteiger partial charge < -0.3 is 5.11 Å². The summed E-state index contributed by atoms with van der Waals surface area (Å²) in [7, 11) is -4.02. The zero-order chi connectivity index (χ0) is 15.2. The number of hydrogen-bond acceptors (Lipinski definition) is 6. The van der Waals surface area contributed by atoms with Gasteiger partial charge in [-0.15, -0.1) is 0 Å². The number of aryl methyl sites for hydroxylation is 1. The summed E-state index contributed by atoms with van der Waals surface area (Å²) in [5, 5.41) is 10.1. The largest absolute Gasteiger partial charge is 0.396 e. The van der Waals surface area contributed by atoms with E-state index >= 15 is 0 Å². The molecule has 7 nitrogen and oxygen atoms in total. The van der Waals surface area contributed by atoms with Crippen LogP contribution < -0.4 is 5.84 Å². The molecule has 0 amide bonds. The Morgan fingerprint density at radius 2 is 1.95 bits per heavy atom. The normalized spacial score (nSPS) is 14.6. The number of nitrogens with zero attached hydrogens (tertiary/aromatic N) is 2. The van der Waals surface area contributed by atoms with Crippen molar-refractivity contribution in [2.45, 2.75) is 18.2 Å². The fraction of sp³-hybridized carbons (Fsp3) is 0.417. The Hall–Kier alpha value is -1.48. The zero-order valence-electron chi connectivity index (χ0n) is 11.2. The highest BCUT2D eigenvalue weighted by Crippen LogP contribution is 2.08. The molecular formula is C12H19N3O4S. The number of amidine groups is 1. The molecule has 1 aliphatic rings. The van der Waals surface area contributed by atoms with Crippen LogP contribution in [0.5, 0.6) is 0 Å². The smallest absolute Gasteiger partial charge is 0.294 e. The number of benzene rings is 1. The van der Waals surface area contributed by atoms with E-state index in [0.29, 0.717) is 6.42 Å². The molecule has 0 atom stereocenters. The molecule has 112 valence electrons. The number of aliphatic hydroxyl groups excluding tert-OH is 1. The van der Waals surface area contributed by atoms with Gasteiger partial charge in [0, 0.05) is 6.42 Å². The Balaban J connectivity index is 0.000000204. The Morgan fingerprint density at radius 1 is 1.35 bits per heavy atom. The fourth-order valence-electron chi connectivity index (χ4n) is 1.54. The molecule has 0 aliphatic carbocycles. The van der Waals surface area contributed by atoms with Crippen LogP contribution >= 0.6 is 0 Å². The Kier molecular flexibility index (Phi) is 6.08. The van der Waals surface area contributed by atoms with E-state index in [1.165, 1.54) is 12.1 Å². The highest BCUT2D eigenvalue weighted by atomic mass is 32.2. The summed E-state index contributed by atoms with van der Waals surface area (Å²) in [6.45, 7) is 3.53. The van der Waals surface area contributed by atoms with Gasteiger partial charge in [0.05, 0.1) is 24.6 Å². The summed E-state index contributed by atoms with van der Waals surface area (Å²) >= 11 is 0. The lowest BCUT2D eigenvalue weighted by Crippen LogP contribution is -2.34. The molecule has 0 aromatic heterocycles. The van der Waals surface area contributed by atoms with Gasteiger partial charge >= 0.3 is 0 Å². The number of hydrogen-bond donors (Lipinski definition) is 3. The molecule has 1 aromatic rings. The molecule has 0 saturated carbocycles. The molecule has 1 heterocycles. The number of aliphatic hydroxyl groups is 1. The zero-order valence-corrected chi connectivity index (χ0v) is 12.0. The Bertz CT molecular complexity index is 555. The van der Waals surface area contributed by atoms with Crippen LogP contribution in [0.15, 0.2) is 34.2 Å². The van der Waals surface area contributed by atoms with Crippen LogP contribution in [0, 0.1) is 6.92 Å². The average molecular weight is 301 g/mol. The standard InChI is InChI=1S/C7H8O3S.C5H11N3O/c1-6-2-4-7(5-3-6)11(8,9)10;6-8-3-2-7-5(8)1-4-9/h2-5H,1H3,(H,8,9,10);9H,1-4,6H2. The third-order valence-corrected chi connectivity index (χ3v) is 3.49. The van der Waals surface area contributed by atoms with E-state index < -0.39 is 10.1 Å². The minimum Gasteiger partial charge on any atom is -0.396 e. The lowest BCUT2D eigenvalue weighted by atomic mass is 10.2. The molecule has 2 rings (SSSR count). The first kappa shape index (κ1) is 16.6. The van der Waals surface area contributed by atoms with Crippen molar-refractivity contribution in [3.8, 4) is 0 Å². The van der Waals surface area contributed by atoms with Gasteiger partial charge in [0.15, 0.2) is 0 Å². The number of nitrogens with two attached hydrogens (primary N) is 1. The van der Waals surface area contributed by atoms with Crippen molar-refractivity contribution < 1.29 is 18.1 Å². The van der Waals surface area contributed by atoms with E-state index in [9.17, 15) is 8.42 Å². The maximum absolute atomic E-state index is 10.5. The summed E-state index contributed by atoms with van der Waals surface area (Å²) in [4.78, 5) is 4.00. The second kappa shape index (κ2) is 7.34. The number of hydrazine groups is 1. The van der Waals surface area contributed by atoms with Crippen LogP contribution in [0.1, 0.15) is 12.0 Å². The summed E-state index contributed by atoms with van der Waals surface area (Å²) < 4.78 is 29.6. The van der Waals surface area contributed by atoms with Gasteiger partial charge in [0.2, 0.25) is 0 Å². The van der Waals surface area contributed by atoms with Gasteiger partial charge in [-0.2, -0.15) is 8.42 Å². The summed E-state index contributed by atoms with van der Waals surface area (Å²) in [6, 6.07) is 5.99. The van der Waals surface area contributed by atoms with Gasteiger partial charge in [0.25, 0.3) is 10.1 Å². The molecule has 0 bridgehead atoms. The van der Waals surface area contributed by atoms with Crippen LogP contribution in [0.25, 0.3) is 0 Å². The molecule has 20 heavy (non-hydrogen) atoms. The first-order chi connectivity index (χ1) is 9.34. The van der Waals surface area contributed by atoms with Crippen LogP contribution in [0.4, 0.5) is 0 Å². The highest BCUT2D eigenvalue weighted by Gasteiger charge is 2.10. The topological polar surface area (TPSA) is 116 Å². The molecule has 8 heteroatoms. The molecular weight excluding hydrogens is 282 g/mol. The summed E-state index contributed by atoms with van der Waals surface area (Å²) in [5.41, 5.74) is 0.956. The van der Waals surface area contributed by atoms with Gasteiger partial charge in [-0.1, -0.05) is 17.7 Å². The van der Waals surface area contributed by atoms with E-state index in [0.717, 1.165) is 24.5 Å². The average Bonchev–Trinajstić information content (AvgIpc) is 2.76. The third kappa shape index (κ3) is 5.25. The van der Waals surface area contributed by atoms with E-state index in [4.69, 9.17) is 15.5 Å². The minimum absolute atomic E-state index is 0.0666. The Labute approximate surface area is 118 Å². The lowest BCUT2D eigenvalue weighted by Gasteiger charge is -2.10. The van der Waals surface area contributed by atoms with Gasteiger partial charge in [-0.25, -0.2) is 5.84 Å². The molecule has 0 saturated heterocycles.